The number of ether oxygens (including phenoxy) is 1. The van der Waals surface area contributed by atoms with Crippen LogP contribution in [0.2, 0.25) is 0 Å². The minimum absolute atomic E-state index is 0.0836. The third kappa shape index (κ3) is 7.54. The summed E-state index contributed by atoms with van der Waals surface area (Å²) in [5.41, 5.74) is 4.30. The van der Waals surface area contributed by atoms with E-state index in [2.05, 4.69) is 43.3 Å². The van der Waals surface area contributed by atoms with Gasteiger partial charge in [0.05, 0.1) is 11.3 Å². The Morgan fingerprint density at radius 2 is 1.90 bits per heavy atom. The number of aromatic nitrogens is 2. The van der Waals surface area contributed by atoms with Gasteiger partial charge < -0.3 is 19.9 Å². The number of anilines is 1. The molecule has 1 aliphatic heterocycles. The summed E-state index contributed by atoms with van der Waals surface area (Å²) in [6.45, 7) is 9.04. The first-order valence-corrected chi connectivity index (χ1v) is 14.1. The molecule has 212 valence electrons. The maximum Gasteiger partial charge on any atom is 0.573 e. The molecular weight excluding hydrogens is 527 g/mol. The Morgan fingerprint density at radius 3 is 2.46 bits per heavy atom. The number of nitrogens with zero attached hydrogens (tertiary/aromatic N) is 4. The van der Waals surface area contributed by atoms with Crippen molar-refractivity contribution in [1.82, 2.24) is 20.0 Å². The third-order valence-corrected chi connectivity index (χ3v) is 8.21. The number of piperidine rings is 1. The smallest absolute Gasteiger partial charge is 0.406 e. The number of carbonyl (C=O) groups is 1. The molecule has 1 aromatic carbocycles. The number of nitrogens with one attached hydrogen (secondary N) is 1. The lowest BCUT2D eigenvalue weighted by molar-refractivity contribution is -0.274. The zero-order valence-electron chi connectivity index (χ0n) is 22.8. The Labute approximate surface area is 231 Å². The molecule has 0 saturated carbocycles. The van der Waals surface area contributed by atoms with Crippen LogP contribution in [0.25, 0.3) is 0 Å². The maximum atomic E-state index is 12.7. The van der Waals surface area contributed by atoms with Gasteiger partial charge in [0.1, 0.15) is 5.75 Å². The Bertz CT molecular complexity index is 1220. The third-order valence-electron chi connectivity index (χ3n) is 7.48. The van der Waals surface area contributed by atoms with Gasteiger partial charge in [-0.2, -0.15) is 16.4 Å². The van der Waals surface area contributed by atoms with E-state index in [1.807, 2.05) is 26.3 Å². The van der Waals surface area contributed by atoms with Crippen molar-refractivity contribution in [3.05, 3.63) is 63.6 Å². The Morgan fingerprint density at radius 1 is 1.21 bits per heavy atom. The number of benzene rings is 1. The average molecular weight is 564 g/mol. The van der Waals surface area contributed by atoms with Crippen molar-refractivity contribution in [2.24, 2.45) is 7.05 Å². The number of aryl methyl sites for hydroxylation is 2. The number of thiophene rings is 1. The van der Waals surface area contributed by atoms with Crippen molar-refractivity contribution >= 4 is 22.9 Å². The highest BCUT2D eigenvalue weighted by Crippen LogP contribution is 2.30. The first-order chi connectivity index (χ1) is 18.5. The summed E-state index contributed by atoms with van der Waals surface area (Å²) < 4.78 is 43.6. The molecule has 0 unspecified atom stereocenters. The van der Waals surface area contributed by atoms with E-state index in [0.29, 0.717) is 24.7 Å². The number of hydrogen-bond acceptors (Lipinski definition) is 6. The highest BCUT2D eigenvalue weighted by atomic mass is 32.1. The highest BCUT2D eigenvalue weighted by molar-refractivity contribution is 7.07. The molecule has 3 heterocycles. The fourth-order valence-electron chi connectivity index (χ4n) is 5.26. The molecule has 1 atom stereocenters. The number of hydrogen-bond donors (Lipinski definition) is 1. The first kappa shape index (κ1) is 28.9. The van der Waals surface area contributed by atoms with Gasteiger partial charge in [-0.15, -0.1) is 13.2 Å². The van der Waals surface area contributed by atoms with Crippen LogP contribution >= 0.6 is 11.3 Å². The molecule has 2 aromatic heterocycles. The molecule has 1 fully saturated rings. The van der Waals surface area contributed by atoms with Gasteiger partial charge in [-0.05, 0) is 86.7 Å². The molecule has 1 N–H and O–H groups in total. The standard InChI is InChI=1S/C28H36F3N5O2S/c1-19(9-13-32-27(37)26-20(2)33-34(4)21(26)3)35-14-10-24(11-15-35)36(17-22-12-16-39-18-22)23-5-7-25(8-6-23)38-28(29,30)31/h5-8,12,16,18-19,24H,9-11,13-15,17H2,1-4H3,(H,32,37)/t19-/m1/s1. The van der Waals surface area contributed by atoms with E-state index < -0.39 is 6.36 Å². The highest BCUT2D eigenvalue weighted by Gasteiger charge is 2.31. The van der Waals surface area contributed by atoms with Crippen LogP contribution in [0.5, 0.6) is 5.75 Å². The summed E-state index contributed by atoms with van der Waals surface area (Å²) in [5.74, 6) is -0.300. The summed E-state index contributed by atoms with van der Waals surface area (Å²) in [6.07, 6.45) is -1.99. The van der Waals surface area contributed by atoms with Crippen LogP contribution in [0.3, 0.4) is 0 Å². The molecule has 3 aromatic rings. The summed E-state index contributed by atoms with van der Waals surface area (Å²) in [7, 11) is 1.84. The van der Waals surface area contributed by atoms with Gasteiger partial charge in [-0.1, -0.05) is 0 Å². The quantitative estimate of drug-likeness (QED) is 0.344. The van der Waals surface area contributed by atoms with Gasteiger partial charge in [0.25, 0.3) is 5.91 Å². The van der Waals surface area contributed by atoms with Crippen LogP contribution in [0.1, 0.15) is 53.5 Å². The molecule has 0 bridgehead atoms. The fraction of sp³-hybridized carbons (Fsp3) is 0.500. The van der Waals surface area contributed by atoms with Crippen molar-refractivity contribution in [2.75, 3.05) is 24.5 Å². The Balaban J connectivity index is 1.32. The van der Waals surface area contributed by atoms with Crippen molar-refractivity contribution in [2.45, 2.75) is 65.0 Å². The van der Waals surface area contributed by atoms with Gasteiger partial charge in [0.15, 0.2) is 0 Å². The summed E-state index contributed by atoms with van der Waals surface area (Å²) in [5, 5.41) is 11.5. The predicted octanol–water partition coefficient (Wildman–Crippen LogP) is 5.68. The van der Waals surface area contributed by atoms with E-state index in [4.69, 9.17) is 0 Å². The zero-order chi connectivity index (χ0) is 28.2. The van der Waals surface area contributed by atoms with E-state index in [1.54, 1.807) is 28.2 Å². The van der Waals surface area contributed by atoms with Crippen molar-refractivity contribution in [3.63, 3.8) is 0 Å². The maximum absolute atomic E-state index is 12.7. The average Bonchev–Trinajstić information content (AvgIpc) is 3.49. The molecule has 11 heteroatoms. The summed E-state index contributed by atoms with van der Waals surface area (Å²) in [6, 6.07) is 8.82. The van der Waals surface area contributed by atoms with E-state index >= 15 is 0 Å². The molecular formula is C28H36F3N5O2S. The minimum atomic E-state index is -4.71. The topological polar surface area (TPSA) is 62.6 Å². The van der Waals surface area contributed by atoms with Gasteiger partial charge in [-0.3, -0.25) is 9.48 Å². The number of carbonyl (C=O) groups excluding carboxylic acids is 1. The van der Waals surface area contributed by atoms with E-state index in [-0.39, 0.29) is 17.7 Å². The monoisotopic (exact) mass is 563 g/mol. The van der Waals surface area contributed by atoms with Crippen LogP contribution in [-0.4, -0.2) is 58.7 Å². The Hall–Kier alpha value is -3.05. The van der Waals surface area contributed by atoms with Crippen LogP contribution in [0.4, 0.5) is 18.9 Å². The summed E-state index contributed by atoms with van der Waals surface area (Å²) in [4.78, 5) is 17.4. The molecule has 7 nitrogen and oxygen atoms in total. The van der Waals surface area contributed by atoms with Crippen LogP contribution in [-0.2, 0) is 13.6 Å². The van der Waals surface area contributed by atoms with Gasteiger partial charge in [-0.25, -0.2) is 0 Å². The SMILES string of the molecule is Cc1nn(C)c(C)c1C(=O)NCC[C@@H](C)N1CCC(N(Cc2ccsc2)c2ccc(OC(F)(F)F)cc2)CC1. The van der Waals surface area contributed by atoms with Gasteiger partial charge in [0.2, 0.25) is 0 Å². The van der Waals surface area contributed by atoms with Gasteiger partial charge in [0, 0.05) is 56.7 Å². The number of rotatable bonds is 10. The molecule has 0 aliphatic carbocycles. The van der Waals surface area contributed by atoms with Crippen molar-refractivity contribution < 1.29 is 22.7 Å². The van der Waals surface area contributed by atoms with Crippen molar-refractivity contribution in [1.29, 1.82) is 0 Å². The van der Waals surface area contributed by atoms with Crippen LogP contribution in [0, 0.1) is 13.8 Å². The molecule has 0 spiro atoms. The second-order valence-corrected chi connectivity index (χ2v) is 10.9. The number of amides is 1. The number of likely N-dealkylation sites (tertiary alicyclic amines) is 1. The summed E-state index contributed by atoms with van der Waals surface area (Å²) >= 11 is 1.63. The van der Waals surface area contributed by atoms with Crippen molar-refractivity contribution in [3.8, 4) is 5.75 Å². The largest absolute Gasteiger partial charge is 0.573 e. The Kier molecular flexibility index (Phi) is 9.22. The molecule has 1 amide bonds. The lowest BCUT2D eigenvalue weighted by Gasteiger charge is -2.42. The zero-order valence-corrected chi connectivity index (χ0v) is 23.6. The van der Waals surface area contributed by atoms with Crippen LogP contribution < -0.4 is 15.0 Å². The molecule has 39 heavy (non-hydrogen) atoms. The molecule has 1 aliphatic rings. The molecule has 1 saturated heterocycles. The second kappa shape index (κ2) is 12.4. The molecule has 4 rings (SSSR count). The second-order valence-electron chi connectivity index (χ2n) is 10.1. The number of alkyl halides is 3. The van der Waals surface area contributed by atoms with Gasteiger partial charge >= 0.3 is 6.36 Å². The lowest BCUT2D eigenvalue weighted by atomic mass is 9.99. The normalized spacial score (nSPS) is 15.8. The fourth-order valence-corrected chi connectivity index (χ4v) is 5.92. The lowest BCUT2D eigenvalue weighted by Crippen LogP contribution is -2.48. The van der Waals surface area contributed by atoms with E-state index in [0.717, 1.165) is 49.4 Å². The van der Waals surface area contributed by atoms with Crippen LogP contribution in [0.15, 0.2) is 41.1 Å². The predicted molar refractivity (Wildman–Crippen MR) is 147 cm³/mol. The van der Waals surface area contributed by atoms with E-state index in [1.165, 1.54) is 17.7 Å². The first-order valence-electron chi connectivity index (χ1n) is 13.2. The molecule has 0 radical (unpaired) electrons. The number of halogens is 3. The van der Waals surface area contributed by atoms with E-state index in [9.17, 15) is 18.0 Å². The minimum Gasteiger partial charge on any atom is -0.406 e.